The number of aliphatic hydroxyl groups excluding tert-OH is 2. The number of hydrogen-bond acceptors (Lipinski definition) is 7. The van der Waals surface area contributed by atoms with Crippen molar-refractivity contribution in [2.24, 2.45) is 0 Å². The van der Waals surface area contributed by atoms with Crippen LogP contribution in [0.25, 0.3) is 11.4 Å². The van der Waals surface area contributed by atoms with Crippen molar-refractivity contribution >= 4 is 5.97 Å². The van der Waals surface area contributed by atoms with Gasteiger partial charge in [0.1, 0.15) is 30.8 Å². The fourth-order valence-corrected chi connectivity index (χ4v) is 2.81. The molecule has 1 atom stereocenters. The van der Waals surface area contributed by atoms with Crippen molar-refractivity contribution in [1.29, 1.82) is 0 Å². The Bertz CT molecular complexity index is 993. The Hall–Kier alpha value is -3.49. The van der Waals surface area contributed by atoms with Crippen molar-refractivity contribution in [3.63, 3.8) is 0 Å². The molecule has 3 aromatic rings. The summed E-state index contributed by atoms with van der Waals surface area (Å²) in [6.45, 7) is -0.127. The van der Waals surface area contributed by atoms with Gasteiger partial charge >= 0.3 is 5.97 Å². The topological polar surface area (TPSA) is 122 Å². The highest BCUT2D eigenvalue weighted by Gasteiger charge is 2.09. The molecule has 8 nitrogen and oxygen atoms in total. The van der Waals surface area contributed by atoms with E-state index in [1.165, 1.54) is 0 Å². The van der Waals surface area contributed by atoms with Gasteiger partial charge in [-0.05, 0) is 48.4 Å². The third-order valence-corrected chi connectivity index (χ3v) is 4.44. The molecule has 0 spiro atoms. The van der Waals surface area contributed by atoms with Gasteiger partial charge in [0.2, 0.25) is 0 Å². The lowest BCUT2D eigenvalue weighted by molar-refractivity contribution is -0.136. The maximum absolute atomic E-state index is 10.8. The molecule has 3 N–H and O–H groups in total. The monoisotopic (exact) mass is 424 g/mol. The summed E-state index contributed by atoms with van der Waals surface area (Å²) in [6.07, 6.45) is 1.16. The maximum atomic E-state index is 10.8. The van der Waals surface area contributed by atoms with E-state index in [2.05, 4.69) is 9.97 Å². The predicted octanol–water partition coefficient (Wildman–Crippen LogP) is 2.47. The number of aryl methyl sites for hydroxylation is 1. The summed E-state index contributed by atoms with van der Waals surface area (Å²) in [5.41, 5.74) is 2.31. The maximum Gasteiger partial charge on any atom is 0.303 e. The van der Waals surface area contributed by atoms with Crippen molar-refractivity contribution in [3.8, 4) is 22.9 Å². The lowest BCUT2D eigenvalue weighted by atomic mass is 10.1. The third kappa shape index (κ3) is 6.77. The molecule has 0 amide bonds. The van der Waals surface area contributed by atoms with Crippen LogP contribution in [0, 0.1) is 0 Å². The lowest BCUT2D eigenvalue weighted by Crippen LogP contribution is -2.21. The van der Waals surface area contributed by atoms with E-state index < -0.39 is 12.1 Å². The average Bonchev–Trinajstić information content (AvgIpc) is 2.80. The van der Waals surface area contributed by atoms with Gasteiger partial charge in [0.15, 0.2) is 5.82 Å². The summed E-state index contributed by atoms with van der Waals surface area (Å²) >= 11 is 0. The second kappa shape index (κ2) is 11.1. The standard InChI is InChI=1S/C23H24N2O6/c26-13-19(27)15-30-20-8-5-17(6-9-20)23-24-12-11-18(25-23)14-31-21-4-2-1-3-16(21)7-10-22(28)29/h1-6,8-9,11-12,19,26-27H,7,10,13-15H2,(H,28,29). The Kier molecular flexibility index (Phi) is 7.91. The van der Waals surface area contributed by atoms with Crippen molar-refractivity contribution in [1.82, 2.24) is 9.97 Å². The van der Waals surface area contributed by atoms with Gasteiger partial charge in [-0.25, -0.2) is 9.97 Å². The van der Waals surface area contributed by atoms with E-state index in [0.29, 0.717) is 29.4 Å². The Morgan fingerprint density at radius 1 is 1.03 bits per heavy atom. The van der Waals surface area contributed by atoms with Crippen molar-refractivity contribution in [3.05, 3.63) is 72.1 Å². The molecular weight excluding hydrogens is 400 g/mol. The van der Waals surface area contributed by atoms with Crippen LogP contribution < -0.4 is 9.47 Å². The van der Waals surface area contributed by atoms with Gasteiger partial charge in [0.25, 0.3) is 0 Å². The van der Waals surface area contributed by atoms with Gasteiger partial charge in [-0.15, -0.1) is 0 Å². The number of benzene rings is 2. The normalized spacial score (nSPS) is 11.7. The first-order valence-electron chi connectivity index (χ1n) is 9.81. The van der Waals surface area contributed by atoms with Crippen LogP contribution in [0.2, 0.25) is 0 Å². The number of nitrogens with zero attached hydrogens (tertiary/aromatic N) is 2. The highest BCUT2D eigenvalue weighted by molar-refractivity contribution is 5.67. The largest absolute Gasteiger partial charge is 0.491 e. The van der Waals surface area contributed by atoms with Crippen molar-refractivity contribution in [2.45, 2.75) is 25.6 Å². The van der Waals surface area contributed by atoms with E-state index in [1.807, 2.05) is 36.4 Å². The SMILES string of the molecule is O=C(O)CCc1ccccc1OCc1ccnc(-c2ccc(OCC(O)CO)cc2)n1. The number of ether oxygens (including phenoxy) is 2. The van der Waals surface area contributed by atoms with Crippen LogP contribution in [0.3, 0.4) is 0 Å². The van der Waals surface area contributed by atoms with Crippen LogP contribution in [0.1, 0.15) is 17.7 Å². The van der Waals surface area contributed by atoms with Crippen molar-refractivity contribution in [2.75, 3.05) is 13.2 Å². The van der Waals surface area contributed by atoms with Crippen LogP contribution in [0.4, 0.5) is 0 Å². The third-order valence-electron chi connectivity index (χ3n) is 4.44. The molecule has 8 heteroatoms. The zero-order chi connectivity index (χ0) is 22.1. The number of carboxylic acid groups (broad SMARTS) is 1. The summed E-state index contributed by atoms with van der Waals surface area (Å²) in [5.74, 6) is 0.877. The smallest absolute Gasteiger partial charge is 0.303 e. The fraction of sp³-hybridized carbons (Fsp3) is 0.261. The van der Waals surface area contributed by atoms with Crippen molar-refractivity contribution < 1.29 is 29.6 Å². The Balaban J connectivity index is 1.64. The predicted molar refractivity (Wildman–Crippen MR) is 113 cm³/mol. The van der Waals surface area contributed by atoms with Gasteiger partial charge in [-0.3, -0.25) is 4.79 Å². The molecule has 0 aliphatic carbocycles. The molecule has 1 unspecified atom stereocenters. The molecule has 3 rings (SSSR count). The van der Waals surface area contributed by atoms with Gasteiger partial charge in [0, 0.05) is 18.2 Å². The second-order valence-corrected chi connectivity index (χ2v) is 6.83. The molecule has 1 heterocycles. The Labute approximate surface area is 179 Å². The highest BCUT2D eigenvalue weighted by Crippen LogP contribution is 2.22. The summed E-state index contributed by atoms with van der Waals surface area (Å²) in [7, 11) is 0. The Morgan fingerprint density at radius 2 is 1.81 bits per heavy atom. The van der Waals surface area contributed by atoms with Crippen LogP contribution in [0.5, 0.6) is 11.5 Å². The van der Waals surface area contributed by atoms with E-state index in [9.17, 15) is 9.90 Å². The van der Waals surface area contributed by atoms with Crippen LogP contribution in [0.15, 0.2) is 60.8 Å². The number of aliphatic carboxylic acids is 1. The van der Waals surface area contributed by atoms with Gasteiger partial charge in [-0.1, -0.05) is 18.2 Å². The number of hydrogen-bond donors (Lipinski definition) is 3. The summed E-state index contributed by atoms with van der Waals surface area (Å²) in [4.78, 5) is 19.7. The number of carbonyl (C=O) groups is 1. The van der Waals surface area contributed by atoms with Gasteiger partial charge < -0.3 is 24.8 Å². The molecule has 0 fully saturated rings. The zero-order valence-electron chi connectivity index (χ0n) is 16.8. The average molecular weight is 424 g/mol. The van der Waals surface area contributed by atoms with E-state index in [-0.39, 0.29) is 26.2 Å². The minimum Gasteiger partial charge on any atom is -0.491 e. The molecular formula is C23H24N2O6. The minimum atomic E-state index is -0.922. The minimum absolute atomic E-state index is 0.00705. The zero-order valence-corrected chi connectivity index (χ0v) is 16.8. The molecule has 0 aliphatic rings. The first kappa shape index (κ1) is 22.2. The molecule has 1 aromatic heterocycles. The van der Waals surface area contributed by atoms with Crippen LogP contribution in [-0.4, -0.2) is 50.6 Å². The van der Waals surface area contributed by atoms with Gasteiger partial charge in [-0.2, -0.15) is 0 Å². The number of para-hydroxylation sites is 1. The highest BCUT2D eigenvalue weighted by atomic mass is 16.5. The summed E-state index contributed by atoms with van der Waals surface area (Å²) in [5, 5.41) is 27.1. The van der Waals surface area contributed by atoms with E-state index in [4.69, 9.17) is 19.7 Å². The van der Waals surface area contributed by atoms with Gasteiger partial charge in [0.05, 0.1) is 12.3 Å². The number of aliphatic hydroxyl groups is 2. The fourth-order valence-electron chi connectivity index (χ4n) is 2.81. The summed E-state index contributed by atoms with van der Waals surface area (Å²) < 4.78 is 11.3. The number of carboxylic acids is 1. The number of aromatic nitrogens is 2. The number of rotatable bonds is 11. The van der Waals surface area contributed by atoms with E-state index in [1.54, 1.807) is 24.4 Å². The van der Waals surface area contributed by atoms with Crippen LogP contribution >= 0.6 is 0 Å². The molecule has 0 saturated carbocycles. The van der Waals surface area contributed by atoms with Crippen LogP contribution in [-0.2, 0) is 17.8 Å². The second-order valence-electron chi connectivity index (χ2n) is 6.83. The molecule has 0 bridgehead atoms. The molecule has 0 radical (unpaired) electrons. The van der Waals surface area contributed by atoms with E-state index in [0.717, 1.165) is 11.1 Å². The molecule has 0 aliphatic heterocycles. The first-order valence-corrected chi connectivity index (χ1v) is 9.81. The Morgan fingerprint density at radius 3 is 2.55 bits per heavy atom. The quantitative estimate of drug-likeness (QED) is 0.429. The summed E-state index contributed by atoms with van der Waals surface area (Å²) in [6, 6.07) is 16.2. The lowest BCUT2D eigenvalue weighted by Gasteiger charge is -2.11. The molecule has 31 heavy (non-hydrogen) atoms. The molecule has 0 saturated heterocycles. The molecule has 162 valence electrons. The molecule has 2 aromatic carbocycles. The first-order chi connectivity index (χ1) is 15.0. The van der Waals surface area contributed by atoms with E-state index >= 15 is 0 Å².